The van der Waals surface area contributed by atoms with Crippen LogP contribution in [-0.2, 0) is 17.6 Å². The highest BCUT2D eigenvalue weighted by Gasteiger charge is 2.40. The molecular weight excluding hydrogens is 326 g/mol. The average Bonchev–Trinajstić information content (AvgIpc) is 2.65. The Morgan fingerprint density at radius 1 is 1.38 bits per heavy atom. The summed E-state index contributed by atoms with van der Waals surface area (Å²) < 4.78 is 0. The van der Waals surface area contributed by atoms with Crippen molar-refractivity contribution in [2.24, 2.45) is 0 Å². The van der Waals surface area contributed by atoms with Gasteiger partial charge in [-0.2, -0.15) is 5.26 Å². The van der Waals surface area contributed by atoms with Gasteiger partial charge in [-0.1, -0.05) is 12.1 Å². The first-order chi connectivity index (χ1) is 12.7. The molecule has 26 heavy (non-hydrogen) atoms. The van der Waals surface area contributed by atoms with Gasteiger partial charge in [0.05, 0.1) is 23.4 Å². The molecule has 1 aromatic heterocycles. The fraction of sp³-hybridized carbons (Fsp3) is 0.400. The minimum atomic E-state index is 0.0658. The first-order valence-corrected chi connectivity index (χ1v) is 9.07. The number of amides is 1. The third-order valence-electron chi connectivity index (χ3n) is 5.42. The Morgan fingerprint density at radius 2 is 2.27 bits per heavy atom. The van der Waals surface area contributed by atoms with Crippen molar-refractivity contribution >= 4 is 11.9 Å². The fourth-order valence-electron chi connectivity index (χ4n) is 4.25. The van der Waals surface area contributed by atoms with Crippen molar-refractivity contribution in [2.75, 3.05) is 5.73 Å². The number of aromatic nitrogens is 2. The third-order valence-corrected chi connectivity index (χ3v) is 5.42. The predicted octanol–water partition coefficient (Wildman–Crippen LogP) is 2.54. The third kappa shape index (κ3) is 3.01. The van der Waals surface area contributed by atoms with E-state index in [1.165, 1.54) is 0 Å². The van der Waals surface area contributed by atoms with Gasteiger partial charge < -0.3 is 10.6 Å². The van der Waals surface area contributed by atoms with Gasteiger partial charge in [0.1, 0.15) is 0 Å². The molecule has 1 fully saturated rings. The zero-order valence-corrected chi connectivity index (χ0v) is 14.6. The van der Waals surface area contributed by atoms with Crippen molar-refractivity contribution in [1.29, 1.82) is 5.26 Å². The number of anilines is 1. The Labute approximate surface area is 152 Å². The Morgan fingerprint density at radius 3 is 3.12 bits per heavy atom. The highest BCUT2D eigenvalue weighted by Crippen LogP contribution is 2.41. The van der Waals surface area contributed by atoms with E-state index in [4.69, 9.17) is 11.0 Å². The lowest BCUT2D eigenvalue weighted by atomic mass is 9.82. The summed E-state index contributed by atoms with van der Waals surface area (Å²) in [6.45, 7) is 0. The maximum atomic E-state index is 13.0. The standard InChI is InChI=1S/C20H21N5O/c21-11-14-4-1-3-13(9-14)7-8-19(26)25-15-5-2-6-18(25)16-12-23-20(22)24-17(16)10-15/h1,3-4,9,12,15,18H,2,5-8,10H2,(H2,22,23,24). The summed E-state index contributed by atoms with van der Waals surface area (Å²) in [5.74, 6) is 0.475. The van der Waals surface area contributed by atoms with Gasteiger partial charge in [0.25, 0.3) is 0 Å². The second-order valence-electron chi connectivity index (χ2n) is 7.05. The molecule has 1 amide bonds. The maximum Gasteiger partial charge on any atom is 0.223 e. The molecule has 0 saturated carbocycles. The van der Waals surface area contributed by atoms with E-state index in [0.717, 1.165) is 42.5 Å². The van der Waals surface area contributed by atoms with Crippen LogP contribution < -0.4 is 5.73 Å². The topological polar surface area (TPSA) is 95.9 Å². The van der Waals surface area contributed by atoms with E-state index in [1.807, 2.05) is 18.2 Å². The maximum absolute atomic E-state index is 13.0. The van der Waals surface area contributed by atoms with Crippen LogP contribution in [0.15, 0.2) is 30.5 Å². The van der Waals surface area contributed by atoms with E-state index < -0.39 is 0 Å². The van der Waals surface area contributed by atoms with E-state index in [2.05, 4.69) is 20.9 Å². The molecule has 2 aromatic rings. The Balaban J connectivity index is 1.52. The molecule has 2 bridgehead atoms. The minimum absolute atomic E-state index is 0.0658. The largest absolute Gasteiger partial charge is 0.368 e. The SMILES string of the molecule is N#Cc1cccc(CCC(=O)N2C3CCCC2c2cnc(N)nc2C3)c1. The molecule has 1 aromatic carbocycles. The highest BCUT2D eigenvalue weighted by molar-refractivity contribution is 5.78. The molecular formula is C20H21N5O. The van der Waals surface area contributed by atoms with Crippen LogP contribution >= 0.6 is 0 Å². The van der Waals surface area contributed by atoms with Crippen molar-refractivity contribution in [2.45, 2.75) is 50.6 Å². The van der Waals surface area contributed by atoms with Crippen LogP contribution in [0.1, 0.15) is 54.1 Å². The number of nitriles is 1. The number of hydrogen-bond donors (Lipinski definition) is 1. The lowest BCUT2D eigenvalue weighted by molar-refractivity contribution is -0.139. The number of nitrogens with two attached hydrogens (primary N) is 1. The van der Waals surface area contributed by atoms with E-state index in [9.17, 15) is 4.79 Å². The number of carbonyl (C=O) groups is 1. The Hall–Kier alpha value is -2.94. The summed E-state index contributed by atoms with van der Waals surface area (Å²) in [5.41, 5.74) is 9.44. The number of aryl methyl sites for hydroxylation is 1. The zero-order chi connectivity index (χ0) is 18.1. The van der Waals surface area contributed by atoms with Crippen LogP contribution in [-0.4, -0.2) is 26.8 Å². The number of fused-ring (bicyclic) bond motifs is 4. The lowest BCUT2D eigenvalue weighted by Crippen LogP contribution is -2.50. The van der Waals surface area contributed by atoms with Gasteiger partial charge in [0.15, 0.2) is 0 Å². The van der Waals surface area contributed by atoms with Crippen LogP contribution in [0.3, 0.4) is 0 Å². The van der Waals surface area contributed by atoms with Crippen LogP contribution in [0.2, 0.25) is 0 Å². The first-order valence-electron chi connectivity index (χ1n) is 9.07. The Bertz CT molecular complexity index is 888. The average molecular weight is 347 g/mol. The van der Waals surface area contributed by atoms with Crippen molar-refractivity contribution in [3.63, 3.8) is 0 Å². The van der Waals surface area contributed by atoms with Crippen molar-refractivity contribution in [3.8, 4) is 6.07 Å². The number of carbonyl (C=O) groups excluding carboxylic acids is 1. The van der Waals surface area contributed by atoms with Gasteiger partial charge >= 0.3 is 0 Å². The summed E-state index contributed by atoms with van der Waals surface area (Å²) in [6.07, 6.45) is 6.73. The van der Waals surface area contributed by atoms with E-state index in [-0.39, 0.29) is 18.0 Å². The van der Waals surface area contributed by atoms with Gasteiger partial charge in [0.2, 0.25) is 11.9 Å². The molecule has 6 nitrogen and oxygen atoms in total. The minimum Gasteiger partial charge on any atom is -0.368 e. The quantitative estimate of drug-likeness (QED) is 0.920. The van der Waals surface area contributed by atoms with Crippen molar-refractivity contribution < 1.29 is 4.79 Å². The van der Waals surface area contributed by atoms with E-state index in [1.54, 1.807) is 12.3 Å². The number of benzene rings is 1. The monoisotopic (exact) mass is 347 g/mol. The molecule has 0 radical (unpaired) electrons. The summed E-state index contributed by atoms with van der Waals surface area (Å²) in [7, 11) is 0. The molecule has 0 aliphatic carbocycles. The molecule has 2 atom stereocenters. The second kappa shape index (κ2) is 6.75. The van der Waals surface area contributed by atoms with Gasteiger partial charge in [-0.05, 0) is 43.4 Å². The molecule has 2 aliphatic rings. The molecule has 0 spiro atoms. The molecule has 132 valence electrons. The Kier molecular flexibility index (Phi) is 4.29. The number of hydrogen-bond acceptors (Lipinski definition) is 5. The number of nitrogen functional groups attached to an aromatic ring is 1. The van der Waals surface area contributed by atoms with Crippen molar-refractivity contribution in [3.05, 3.63) is 52.8 Å². The molecule has 6 heteroatoms. The lowest BCUT2D eigenvalue weighted by Gasteiger charge is -2.46. The predicted molar refractivity (Wildman–Crippen MR) is 96.9 cm³/mol. The van der Waals surface area contributed by atoms with E-state index in [0.29, 0.717) is 24.4 Å². The summed E-state index contributed by atoms with van der Waals surface area (Å²) >= 11 is 0. The first kappa shape index (κ1) is 16.5. The van der Waals surface area contributed by atoms with Crippen LogP contribution in [0.25, 0.3) is 0 Å². The zero-order valence-electron chi connectivity index (χ0n) is 14.6. The smallest absolute Gasteiger partial charge is 0.223 e. The molecule has 1 saturated heterocycles. The summed E-state index contributed by atoms with van der Waals surface area (Å²) in [4.78, 5) is 23.6. The van der Waals surface area contributed by atoms with Gasteiger partial charge in [-0.15, -0.1) is 0 Å². The number of rotatable bonds is 3. The fourth-order valence-corrected chi connectivity index (χ4v) is 4.25. The normalized spacial score (nSPS) is 21.0. The van der Waals surface area contributed by atoms with E-state index >= 15 is 0 Å². The van der Waals surface area contributed by atoms with Gasteiger partial charge in [0, 0.05) is 30.6 Å². The molecule has 2 aliphatic heterocycles. The molecule has 2 unspecified atom stereocenters. The van der Waals surface area contributed by atoms with Crippen LogP contribution in [0, 0.1) is 11.3 Å². The van der Waals surface area contributed by atoms with Crippen LogP contribution in [0.4, 0.5) is 5.95 Å². The molecule has 4 rings (SSSR count). The van der Waals surface area contributed by atoms with Crippen molar-refractivity contribution in [1.82, 2.24) is 14.9 Å². The summed E-state index contributed by atoms with van der Waals surface area (Å²) in [5, 5.41) is 9.02. The summed E-state index contributed by atoms with van der Waals surface area (Å²) in [6, 6.07) is 9.89. The number of nitrogens with zero attached hydrogens (tertiary/aromatic N) is 4. The molecule has 2 N–H and O–H groups in total. The number of piperidine rings is 1. The van der Waals surface area contributed by atoms with Gasteiger partial charge in [-0.25, -0.2) is 9.97 Å². The highest BCUT2D eigenvalue weighted by atomic mass is 16.2. The molecule has 3 heterocycles. The van der Waals surface area contributed by atoms with Gasteiger partial charge in [-0.3, -0.25) is 4.79 Å². The second-order valence-corrected chi connectivity index (χ2v) is 7.05. The van der Waals surface area contributed by atoms with Crippen LogP contribution in [0.5, 0.6) is 0 Å².